The van der Waals surface area contributed by atoms with Gasteiger partial charge in [0, 0.05) is 18.9 Å². The largest absolute Gasteiger partial charge is 0.493 e. The van der Waals surface area contributed by atoms with Crippen LogP contribution in [0.4, 0.5) is 0 Å². The minimum absolute atomic E-state index is 0.238. The molecule has 0 saturated heterocycles. The molecule has 0 aliphatic rings. The van der Waals surface area contributed by atoms with Gasteiger partial charge in [0.25, 0.3) is 0 Å². The maximum absolute atomic E-state index is 12.1. The first kappa shape index (κ1) is 23.0. The zero-order chi connectivity index (χ0) is 20.1. The monoisotopic (exact) mass is 378 g/mol. The van der Waals surface area contributed by atoms with Crippen LogP contribution in [0.3, 0.4) is 0 Å². The normalized spacial score (nSPS) is 10.7. The highest BCUT2D eigenvalue weighted by molar-refractivity contribution is 5.76. The van der Waals surface area contributed by atoms with Gasteiger partial charge in [0.2, 0.25) is 0 Å². The molecule has 0 radical (unpaired) electrons. The highest BCUT2D eigenvalue weighted by Gasteiger charge is 2.15. The molecule has 0 amide bonds. The van der Waals surface area contributed by atoms with Crippen LogP contribution in [0, 0.1) is 5.92 Å². The molecule has 1 aromatic carbocycles. The summed E-state index contributed by atoms with van der Waals surface area (Å²) in [5.41, 5.74) is 0. The molecular weight excluding hydrogens is 344 g/mol. The lowest BCUT2D eigenvalue weighted by atomic mass is 10.2. The van der Waals surface area contributed by atoms with Gasteiger partial charge in [-0.05, 0) is 30.9 Å². The molecule has 152 valence electrons. The van der Waals surface area contributed by atoms with E-state index in [-0.39, 0.29) is 23.4 Å². The predicted octanol–water partition coefficient (Wildman–Crippen LogP) is 5.69. The van der Waals surface area contributed by atoms with E-state index in [0.717, 1.165) is 38.5 Å². The van der Waals surface area contributed by atoms with E-state index < -0.39 is 0 Å². The van der Waals surface area contributed by atoms with E-state index >= 15 is 0 Å². The van der Waals surface area contributed by atoms with Gasteiger partial charge in [-0.15, -0.1) is 0 Å². The third-order valence-corrected chi connectivity index (χ3v) is 3.92. The Hall–Kier alpha value is -2.04. The van der Waals surface area contributed by atoms with E-state index in [1.165, 1.54) is 0 Å². The Morgan fingerprint density at radius 3 is 1.93 bits per heavy atom. The van der Waals surface area contributed by atoms with E-state index in [2.05, 4.69) is 27.7 Å². The van der Waals surface area contributed by atoms with E-state index in [9.17, 15) is 9.59 Å². The standard InChI is InChI=1S/C22H34O5/c1-5-7-9-11-21(23)26-19-14-13-18(25-16-17(3)4)15-20(19)27-22(24)12-10-8-6-2/h13-15,17H,5-12,16H2,1-4H3. The molecule has 0 saturated carbocycles. The van der Waals surface area contributed by atoms with Crippen molar-refractivity contribution in [2.45, 2.75) is 79.1 Å². The van der Waals surface area contributed by atoms with Crippen molar-refractivity contribution in [1.82, 2.24) is 0 Å². The van der Waals surface area contributed by atoms with Gasteiger partial charge in [-0.25, -0.2) is 0 Å². The van der Waals surface area contributed by atoms with Crippen LogP contribution in [-0.4, -0.2) is 18.5 Å². The molecule has 0 aliphatic carbocycles. The predicted molar refractivity (Wildman–Crippen MR) is 106 cm³/mol. The third kappa shape index (κ3) is 10.0. The maximum Gasteiger partial charge on any atom is 0.311 e. The fourth-order valence-corrected chi connectivity index (χ4v) is 2.39. The van der Waals surface area contributed by atoms with Crippen LogP contribution in [0.25, 0.3) is 0 Å². The van der Waals surface area contributed by atoms with E-state index in [1.807, 2.05) is 0 Å². The number of rotatable bonds is 13. The highest BCUT2D eigenvalue weighted by Crippen LogP contribution is 2.32. The van der Waals surface area contributed by atoms with Gasteiger partial charge < -0.3 is 14.2 Å². The van der Waals surface area contributed by atoms with Gasteiger partial charge in [0.1, 0.15) is 5.75 Å². The Morgan fingerprint density at radius 1 is 0.852 bits per heavy atom. The zero-order valence-corrected chi connectivity index (χ0v) is 17.2. The van der Waals surface area contributed by atoms with Crippen LogP contribution in [0.2, 0.25) is 0 Å². The van der Waals surface area contributed by atoms with Crippen molar-refractivity contribution in [2.75, 3.05) is 6.61 Å². The van der Waals surface area contributed by atoms with Gasteiger partial charge >= 0.3 is 11.9 Å². The molecule has 1 aromatic rings. The molecule has 0 aromatic heterocycles. The van der Waals surface area contributed by atoms with Crippen LogP contribution < -0.4 is 14.2 Å². The van der Waals surface area contributed by atoms with Crippen LogP contribution in [-0.2, 0) is 9.59 Å². The number of esters is 2. The number of benzene rings is 1. The van der Waals surface area contributed by atoms with Gasteiger partial charge in [-0.1, -0.05) is 53.4 Å². The zero-order valence-electron chi connectivity index (χ0n) is 17.2. The molecule has 0 spiro atoms. The first-order valence-electron chi connectivity index (χ1n) is 10.1. The summed E-state index contributed by atoms with van der Waals surface area (Å²) < 4.78 is 16.6. The lowest BCUT2D eigenvalue weighted by molar-refractivity contribution is -0.137. The second-order valence-corrected chi connectivity index (χ2v) is 7.18. The molecule has 1 rings (SSSR count). The molecule has 0 aliphatic heterocycles. The van der Waals surface area contributed by atoms with Crippen LogP contribution in [0.5, 0.6) is 17.2 Å². The van der Waals surface area contributed by atoms with E-state index in [4.69, 9.17) is 14.2 Å². The van der Waals surface area contributed by atoms with E-state index in [1.54, 1.807) is 18.2 Å². The van der Waals surface area contributed by atoms with Gasteiger partial charge in [-0.2, -0.15) is 0 Å². The van der Waals surface area contributed by atoms with E-state index in [0.29, 0.717) is 31.1 Å². The molecule has 27 heavy (non-hydrogen) atoms. The summed E-state index contributed by atoms with van der Waals surface area (Å²) in [6.07, 6.45) is 6.30. The quantitative estimate of drug-likeness (QED) is 0.250. The third-order valence-electron chi connectivity index (χ3n) is 3.92. The van der Waals surface area contributed by atoms with Crippen molar-refractivity contribution < 1.29 is 23.8 Å². The van der Waals surface area contributed by atoms with Gasteiger partial charge in [0.05, 0.1) is 6.61 Å². The van der Waals surface area contributed by atoms with Crippen LogP contribution in [0.1, 0.15) is 79.1 Å². The van der Waals surface area contributed by atoms with Crippen molar-refractivity contribution in [2.24, 2.45) is 5.92 Å². The lowest BCUT2D eigenvalue weighted by Crippen LogP contribution is -2.12. The summed E-state index contributed by atoms with van der Waals surface area (Å²) in [6.45, 7) is 8.83. The molecule has 0 atom stereocenters. The summed E-state index contributed by atoms with van der Waals surface area (Å²) in [6, 6.07) is 4.97. The molecular formula is C22H34O5. The van der Waals surface area contributed by atoms with Crippen molar-refractivity contribution in [1.29, 1.82) is 0 Å². The topological polar surface area (TPSA) is 61.8 Å². The van der Waals surface area contributed by atoms with Gasteiger partial charge in [-0.3, -0.25) is 9.59 Å². The van der Waals surface area contributed by atoms with Gasteiger partial charge in [0.15, 0.2) is 11.5 Å². The fourth-order valence-electron chi connectivity index (χ4n) is 2.39. The number of hydrogen-bond acceptors (Lipinski definition) is 5. The van der Waals surface area contributed by atoms with Crippen molar-refractivity contribution in [3.05, 3.63) is 18.2 Å². The summed E-state index contributed by atoms with van der Waals surface area (Å²) in [7, 11) is 0. The second kappa shape index (κ2) is 13.2. The van der Waals surface area contributed by atoms with Crippen LogP contribution in [0.15, 0.2) is 18.2 Å². The summed E-state index contributed by atoms with van der Waals surface area (Å²) in [5.74, 6) is 0.820. The SMILES string of the molecule is CCCCCC(=O)Oc1ccc(OCC(C)C)cc1OC(=O)CCCCC. The molecule has 0 unspecified atom stereocenters. The summed E-state index contributed by atoms with van der Waals surface area (Å²) >= 11 is 0. The Balaban J connectivity index is 2.82. The van der Waals surface area contributed by atoms with Crippen molar-refractivity contribution in [3.63, 3.8) is 0 Å². The lowest BCUT2D eigenvalue weighted by Gasteiger charge is -2.14. The number of ether oxygens (including phenoxy) is 3. The van der Waals surface area contributed by atoms with Crippen molar-refractivity contribution in [3.8, 4) is 17.2 Å². The Labute approximate surface area is 163 Å². The minimum Gasteiger partial charge on any atom is -0.493 e. The average Bonchev–Trinajstić information content (AvgIpc) is 2.62. The summed E-state index contributed by atoms with van der Waals surface area (Å²) in [5, 5.41) is 0. The number of hydrogen-bond donors (Lipinski definition) is 0. The second-order valence-electron chi connectivity index (χ2n) is 7.18. The molecule has 0 N–H and O–H groups in total. The highest BCUT2D eigenvalue weighted by atomic mass is 16.6. The number of carbonyl (C=O) groups is 2. The molecule has 0 bridgehead atoms. The molecule has 0 heterocycles. The minimum atomic E-state index is -0.326. The Bertz CT molecular complexity index is 580. The average molecular weight is 379 g/mol. The van der Waals surface area contributed by atoms with Crippen LogP contribution >= 0.6 is 0 Å². The Kier molecular flexibility index (Phi) is 11.2. The molecule has 5 nitrogen and oxygen atoms in total. The molecule has 0 fully saturated rings. The first-order chi connectivity index (χ1) is 13.0. The number of carbonyl (C=O) groups excluding carboxylic acids is 2. The van der Waals surface area contributed by atoms with Crippen molar-refractivity contribution >= 4 is 11.9 Å². The fraction of sp³-hybridized carbons (Fsp3) is 0.636. The first-order valence-corrected chi connectivity index (χ1v) is 10.1. The summed E-state index contributed by atoms with van der Waals surface area (Å²) in [4.78, 5) is 24.2. The maximum atomic E-state index is 12.1. The Morgan fingerprint density at radius 2 is 1.41 bits per heavy atom. The molecule has 5 heteroatoms. The number of unbranched alkanes of at least 4 members (excludes halogenated alkanes) is 4. The smallest absolute Gasteiger partial charge is 0.311 e.